The van der Waals surface area contributed by atoms with E-state index >= 15 is 0 Å². The lowest BCUT2D eigenvalue weighted by molar-refractivity contribution is -0.143. The summed E-state index contributed by atoms with van der Waals surface area (Å²) in [6, 6.07) is 4.66. The monoisotopic (exact) mass is 483 g/mol. The fourth-order valence-electron chi connectivity index (χ4n) is 3.35. The molecule has 0 bridgehead atoms. The van der Waals surface area contributed by atoms with Crippen LogP contribution in [-0.2, 0) is 9.59 Å². The van der Waals surface area contributed by atoms with E-state index in [4.69, 9.17) is 0 Å². The van der Waals surface area contributed by atoms with E-state index in [1.165, 1.54) is 0 Å². The number of carboxylic acid groups (broad SMARTS) is 1. The van der Waals surface area contributed by atoms with Crippen molar-refractivity contribution in [3.8, 4) is 0 Å². The Bertz CT molecular complexity index is 729. The van der Waals surface area contributed by atoms with E-state index in [0.717, 1.165) is 4.47 Å². The molecule has 8 heteroatoms. The second kappa shape index (κ2) is 11.3. The van der Waals surface area contributed by atoms with Crippen molar-refractivity contribution in [2.75, 3.05) is 5.32 Å². The first kappa shape index (κ1) is 25.9. The number of halogens is 1. The summed E-state index contributed by atoms with van der Waals surface area (Å²) >= 11 is 3.33. The minimum absolute atomic E-state index is 0.0714. The molecule has 0 saturated carbocycles. The summed E-state index contributed by atoms with van der Waals surface area (Å²) < 4.78 is 0.884. The molecule has 0 aromatic heterocycles. The van der Waals surface area contributed by atoms with Crippen molar-refractivity contribution in [2.45, 2.75) is 66.5 Å². The molecule has 3 amide bonds. The van der Waals surface area contributed by atoms with Gasteiger partial charge in [-0.2, -0.15) is 0 Å². The van der Waals surface area contributed by atoms with Crippen LogP contribution in [0.15, 0.2) is 28.7 Å². The number of carbonyl (C=O) groups excluding carboxylic acids is 2. The molecule has 0 aliphatic carbocycles. The molecule has 0 saturated heterocycles. The lowest BCUT2D eigenvalue weighted by atomic mass is 9.82. The second-order valence-electron chi connectivity index (χ2n) is 9.35. The van der Waals surface area contributed by atoms with Crippen LogP contribution in [0.3, 0.4) is 0 Å². The van der Waals surface area contributed by atoms with Gasteiger partial charge >= 0.3 is 12.0 Å². The van der Waals surface area contributed by atoms with Crippen LogP contribution >= 0.6 is 15.9 Å². The van der Waals surface area contributed by atoms with E-state index in [-0.39, 0.29) is 17.3 Å². The van der Waals surface area contributed by atoms with E-state index in [1.807, 2.05) is 41.5 Å². The molecule has 7 nitrogen and oxygen atoms in total. The van der Waals surface area contributed by atoms with Crippen molar-refractivity contribution >= 4 is 39.5 Å². The second-order valence-corrected chi connectivity index (χ2v) is 10.3. The number of carboxylic acids is 1. The van der Waals surface area contributed by atoms with Crippen molar-refractivity contribution in [2.24, 2.45) is 17.3 Å². The fourth-order valence-corrected chi connectivity index (χ4v) is 3.61. The van der Waals surface area contributed by atoms with Gasteiger partial charge in [-0.05, 0) is 54.4 Å². The van der Waals surface area contributed by atoms with Gasteiger partial charge in [0, 0.05) is 10.2 Å². The number of hydrogen-bond donors (Lipinski definition) is 4. The first-order chi connectivity index (χ1) is 13.8. The van der Waals surface area contributed by atoms with Crippen LogP contribution in [0.1, 0.15) is 54.4 Å². The quantitative estimate of drug-likeness (QED) is 0.410. The summed E-state index contributed by atoms with van der Waals surface area (Å²) in [6.07, 6.45) is 1.02. The first-order valence-electron chi connectivity index (χ1n) is 10.1. The zero-order valence-electron chi connectivity index (χ0n) is 18.6. The highest BCUT2D eigenvalue weighted by Gasteiger charge is 2.32. The van der Waals surface area contributed by atoms with Crippen molar-refractivity contribution in [3.63, 3.8) is 0 Å². The van der Waals surface area contributed by atoms with Gasteiger partial charge in [0.25, 0.3) is 0 Å². The minimum atomic E-state index is -1.08. The predicted octanol–water partition coefficient (Wildman–Crippen LogP) is 4.63. The lowest BCUT2D eigenvalue weighted by Crippen LogP contribution is -2.54. The molecule has 4 N–H and O–H groups in total. The van der Waals surface area contributed by atoms with Gasteiger partial charge in [-0.25, -0.2) is 9.59 Å². The average Bonchev–Trinajstić information content (AvgIpc) is 2.58. The molecule has 0 radical (unpaired) electrons. The maximum atomic E-state index is 12.9. The Balaban J connectivity index is 2.86. The number of urea groups is 1. The van der Waals surface area contributed by atoms with Crippen LogP contribution in [-0.4, -0.2) is 35.1 Å². The molecular formula is C22H34BrN3O4. The van der Waals surface area contributed by atoms with Crippen LogP contribution in [0.2, 0.25) is 0 Å². The fraction of sp³-hybridized carbons (Fsp3) is 0.591. The van der Waals surface area contributed by atoms with Gasteiger partial charge in [0.1, 0.15) is 12.1 Å². The van der Waals surface area contributed by atoms with Gasteiger partial charge in [-0.3, -0.25) is 4.79 Å². The molecule has 1 unspecified atom stereocenters. The minimum Gasteiger partial charge on any atom is -0.480 e. The largest absolute Gasteiger partial charge is 0.480 e. The number of amides is 3. The molecule has 0 fully saturated rings. The molecular weight excluding hydrogens is 450 g/mol. The average molecular weight is 484 g/mol. The summed E-state index contributed by atoms with van der Waals surface area (Å²) in [5.74, 6) is -1.71. The van der Waals surface area contributed by atoms with Crippen LogP contribution in [0.5, 0.6) is 0 Å². The summed E-state index contributed by atoms with van der Waals surface area (Å²) in [5.41, 5.74) is 0.513. The molecule has 0 aliphatic rings. The molecule has 1 rings (SSSR count). The smallest absolute Gasteiger partial charge is 0.326 e. The Morgan fingerprint density at radius 1 is 1.03 bits per heavy atom. The molecule has 1 aromatic carbocycles. The van der Waals surface area contributed by atoms with Gasteiger partial charge in [-0.15, -0.1) is 0 Å². The SMILES string of the molecule is CC(C)C[C@H](NC(=O)Nc1ccc(Br)cc1)C(=O)N[C@H](C(=O)O)C(C)CC(C)(C)C. The summed E-state index contributed by atoms with van der Waals surface area (Å²) in [5, 5.41) is 17.6. The number of benzene rings is 1. The highest BCUT2D eigenvalue weighted by Crippen LogP contribution is 2.26. The Kier molecular flexibility index (Phi) is 9.81. The van der Waals surface area contributed by atoms with Crippen LogP contribution in [0, 0.1) is 17.3 Å². The van der Waals surface area contributed by atoms with Gasteiger partial charge in [0.15, 0.2) is 0 Å². The Labute approximate surface area is 187 Å². The number of hydrogen-bond acceptors (Lipinski definition) is 3. The van der Waals surface area contributed by atoms with E-state index in [0.29, 0.717) is 18.5 Å². The van der Waals surface area contributed by atoms with Crippen LogP contribution < -0.4 is 16.0 Å². The lowest BCUT2D eigenvalue weighted by Gasteiger charge is -2.29. The Morgan fingerprint density at radius 3 is 2.07 bits per heavy atom. The maximum Gasteiger partial charge on any atom is 0.326 e. The van der Waals surface area contributed by atoms with E-state index in [1.54, 1.807) is 24.3 Å². The summed E-state index contributed by atoms with van der Waals surface area (Å²) in [6.45, 7) is 11.8. The normalized spacial score (nSPS) is 14.5. The molecule has 1 aromatic rings. The van der Waals surface area contributed by atoms with E-state index < -0.39 is 30.0 Å². The number of nitrogens with one attached hydrogen (secondary N) is 3. The van der Waals surface area contributed by atoms with E-state index in [9.17, 15) is 19.5 Å². The van der Waals surface area contributed by atoms with Gasteiger partial charge in [0.2, 0.25) is 5.91 Å². The summed E-state index contributed by atoms with van der Waals surface area (Å²) in [4.78, 5) is 37.1. The van der Waals surface area contributed by atoms with Crippen molar-refractivity contribution in [3.05, 3.63) is 28.7 Å². The zero-order chi connectivity index (χ0) is 23.1. The molecule has 3 atom stereocenters. The topological polar surface area (TPSA) is 108 Å². The third-order valence-electron chi connectivity index (χ3n) is 4.50. The zero-order valence-corrected chi connectivity index (χ0v) is 20.2. The van der Waals surface area contributed by atoms with Crippen molar-refractivity contribution in [1.29, 1.82) is 0 Å². The molecule has 168 valence electrons. The van der Waals surface area contributed by atoms with Gasteiger partial charge in [0.05, 0.1) is 0 Å². The number of carbonyl (C=O) groups is 3. The van der Waals surface area contributed by atoms with Gasteiger partial charge < -0.3 is 21.1 Å². The predicted molar refractivity (Wildman–Crippen MR) is 122 cm³/mol. The molecule has 0 heterocycles. The van der Waals surface area contributed by atoms with Crippen molar-refractivity contribution < 1.29 is 19.5 Å². The van der Waals surface area contributed by atoms with Crippen molar-refractivity contribution in [1.82, 2.24) is 10.6 Å². The van der Waals surface area contributed by atoms with Crippen LogP contribution in [0.4, 0.5) is 10.5 Å². The Morgan fingerprint density at radius 2 is 1.60 bits per heavy atom. The number of aliphatic carboxylic acids is 1. The maximum absolute atomic E-state index is 12.9. The Hall–Kier alpha value is -2.09. The molecule has 0 spiro atoms. The highest BCUT2D eigenvalue weighted by molar-refractivity contribution is 9.10. The highest BCUT2D eigenvalue weighted by atomic mass is 79.9. The molecule has 0 aliphatic heterocycles. The summed E-state index contributed by atoms with van der Waals surface area (Å²) in [7, 11) is 0. The standard InChI is InChI=1S/C22H34BrN3O4/c1-13(2)11-17(25-21(30)24-16-9-7-15(23)8-10-16)19(27)26-18(20(28)29)14(3)12-22(4,5)6/h7-10,13-14,17-18H,11-12H2,1-6H3,(H,26,27)(H,28,29)(H2,24,25,30)/t14?,17-,18-/m0/s1. The van der Waals surface area contributed by atoms with E-state index in [2.05, 4.69) is 31.9 Å². The van der Waals surface area contributed by atoms with Gasteiger partial charge in [-0.1, -0.05) is 57.5 Å². The first-order valence-corrected chi connectivity index (χ1v) is 10.9. The number of rotatable bonds is 9. The third kappa shape index (κ3) is 9.61. The third-order valence-corrected chi connectivity index (χ3v) is 5.03. The molecule has 30 heavy (non-hydrogen) atoms. The van der Waals surface area contributed by atoms with Crippen LogP contribution in [0.25, 0.3) is 0 Å². The number of anilines is 1.